The Morgan fingerprint density at radius 2 is 1.95 bits per heavy atom. The molecule has 1 aliphatic carbocycles. The summed E-state index contributed by atoms with van der Waals surface area (Å²) in [6, 6.07) is 0.665. The van der Waals surface area contributed by atoms with Gasteiger partial charge in [0.1, 0.15) is 5.60 Å². The maximum absolute atomic E-state index is 11.6. The number of hydrogen-bond donors (Lipinski definition) is 3. The second-order valence-electron chi connectivity index (χ2n) is 6.32. The monoisotopic (exact) mass is 271 g/mol. The molecule has 0 radical (unpaired) electrons. The zero-order valence-corrected chi connectivity index (χ0v) is 12.5. The van der Waals surface area contributed by atoms with Crippen molar-refractivity contribution in [3.63, 3.8) is 0 Å². The Morgan fingerprint density at radius 1 is 1.32 bits per heavy atom. The predicted molar refractivity (Wildman–Crippen MR) is 77.1 cm³/mol. The molecule has 1 aliphatic rings. The van der Waals surface area contributed by atoms with Gasteiger partial charge in [-0.2, -0.15) is 0 Å². The molecule has 1 fully saturated rings. The molecule has 4 N–H and O–H groups in total. The fraction of sp³-hybridized carbons (Fsp3) is 0.929. The average molecular weight is 271 g/mol. The van der Waals surface area contributed by atoms with E-state index in [-0.39, 0.29) is 12.1 Å². The van der Waals surface area contributed by atoms with Crippen LogP contribution in [-0.2, 0) is 4.74 Å². The summed E-state index contributed by atoms with van der Waals surface area (Å²) >= 11 is 0. The Labute approximate surface area is 116 Å². The Kier molecular flexibility index (Phi) is 6.58. The minimum atomic E-state index is -0.459. The normalized spacial score (nSPS) is 18.9. The zero-order valence-electron chi connectivity index (χ0n) is 12.5. The summed E-state index contributed by atoms with van der Waals surface area (Å²) < 4.78 is 5.20. The number of rotatable bonds is 5. The van der Waals surface area contributed by atoms with E-state index in [9.17, 15) is 4.79 Å². The predicted octanol–water partition coefficient (Wildman–Crippen LogP) is 1.76. The molecule has 0 aromatic carbocycles. The van der Waals surface area contributed by atoms with Gasteiger partial charge in [-0.3, -0.25) is 0 Å². The van der Waals surface area contributed by atoms with Crippen molar-refractivity contribution in [2.24, 2.45) is 5.73 Å². The van der Waals surface area contributed by atoms with E-state index in [0.717, 1.165) is 0 Å². The third-order valence-corrected chi connectivity index (χ3v) is 3.25. The molecule has 1 rings (SSSR count). The molecule has 0 bridgehead atoms. The first kappa shape index (κ1) is 16.2. The van der Waals surface area contributed by atoms with Crippen molar-refractivity contribution in [2.45, 2.75) is 70.6 Å². The smallest absolute Gasteiger partial charge is 0.407 e. The van der Waals surface area contributed by atoms with Gasteiger partial charge in [-0.1, -0.05) is 19.3 Å². The molecule has 112 valence electrons. The number of nitrogens with two attached hydrogens (primary N) is 1. The molecule has 1 amide bonds. The van der Waals surface area contributed by atoms with Gasteiger partial charge in [0.25, 0.3) is 0 Å². The fourth-order valence-electron chi connectivity index (χ4n) is 2.33. The van der Waals surface area contributed by atoms with Gasteiger partial charge in [0, 0.05) is 25.2 Å². The molecule has 1 saturated carbocycles. The molecular weight excluding hydrogens is 242 g/mol. The lowest BCUT2D eigenvalue weighted by molar-refractivity contribution is 0.0521. The van der Waals surface area contributed by atoms with Crippen LogP contribution in [0.1, 0.15) is 52.9 Å². The van der Waals surface area contributed by atoms with Gasteiger partial charge in [-0.25, -0.2) is 4.79 Å². The highest BCUT2D eigenvalue weighted by molar-refractivity contribution is 5.67. The summed E-state index contributed by atoms with van der Waals surface area (Å²) in [5.41, 5.74) is 5.29. The van der Waals surface area contributed by atoms with Crippen molar-refractivity contribution < 1.29 is 9.53 Å². The first-order valence-electron chi connectivity index (χ1n) is 7.33. The highest BCUT2D eigenvalue weighted by Gasteiger charge is 2.19. The van der Waals surface area contributed by atoms with Gasteiger partial charge in [0.2, 0.25) is 0 Å². The number of carbonyl (C=O) groups excluding carboxylic acids is 1. The Hall–Kier alpha value is -0.810. The van der Waals surface area contributed by atoms with E-state index in [1.807, 2.05) is 20.8 Å². The molecule has 1 atom stereocenters. The van der Waals surface area contributed by atoms with Crippen LogP contribution in [0.3, 0.4) is 0 Å². The van der Waals surface area contributed by atoms with Gasteiger partial charge >= 0.3 is 6.09 Å². The lowest BCUT2D eigenvalue weighted by atomic mass is 9.95. The van der Waals surface area contributed by atoms with Gasteiger partial charge in [-0.15, -0.1) is 0 Å². The summed E-state index contributed by atoms with van der Waals surface area (Å²) in [4.78, 5) is 11.6. The Balaban J connectivity index is 2.25. The van der Waals surface area contributed by atoms with E-state index >= 15 is 0 Å². The maximum Gasteiger partial charge on any atom is 0.407 e. The van der Waals surface area contributed by atoms with Crippen LogP contribution < -0.4 is 16.4 Å². The van der Waals surface area contributed by atoms with Crippen LogP contribution in [0.5, 0.6) is 0 Å². The van der Waals surface area contributed by atoms with E-state index in [2.05, 4.69) is 10.6 Å². The van der Waals surface area contributed by atoms with E-state index < -0.39 is 5.60 Å². The van der Waals surface area contributed by atoms with Crippen LogP contribution in [0.15, 0.2) is 0 Å². The first-order valence-corrected chi connectivity index (χ1v) is 7.33. The van der Waals surface area contributed by atoms with Crippen LogP contribution in [-0.4, -0.2) is 36.9 Å². The average Bonchev–Trinajstić information content (AvgIpc) is 2.33. The molecule has 1 unspecified atom stereocenters. The SMILES string of the molecule is CC(C)(C)OC(=O)NCC(CN)NC1CCCCC1. The van der Waals surface area contributed by atoms with Crippen LogP contribution in [0.4, 0.5) is 4.79 Å². The zero-order chi connectivity index (χ0) is 14.3. The fourth-order valence-corrected chi connectivity index (χ4v) is 2.33. The van der Waals surface area contributed by atoms with Crippen molar-refractivity contribution in [3.8, 4) is 0 Å². The summed E-state index contributed by atoms with van der Waals surface area (Å²) in [5.74, 6) is 0. The number of alkyl carbamates (subject to hydrolysis) is 1. The summed E-state index contributed by atoms with van der Waals surface area (Å²) in [7, 11) is 0. The van der Waals surface area contributed by atoms with Crippen molar-refractivity contribution in [1.82, 2.24) is 10.6 Å². The minimum absolute atomic E-state index is 0.121. The van der Waals surface area contributed by atoms with Crippen molar-refractivity contribution in [1.29, 1.82) is 0 Å². The van der Waals surface area contributed by atoms with E-state index in [1.54, 1.807) is 0 Å². The van der Waals surface area contributed by atoms with Crippen molar-refractivity contribution >= 4 is 6.09 Å². The molecule has 5 heteroatoms. The van der Waals surface area contributed by atoms with Crippen LogP contribution >= 0.6 is 0 Å². The van der Waals surface area contributed by atoms with Crippen molar-refractivity contribution in [3.05, 3.63) is 0 Å². The van der Waals surface area contributed by atoms with Crippen LogP contribution in [0.25, 0.3) is 0 Å². The quantitative estimate of drug-likeness (QED) is 0.712. The standard InChI is InChI=1S/C14H29N3O2/c1-14(2,3)19-13(18)16-10-12(9-15)17-11-7-5-4-6-8-11/h11-12,17H,4-10,15H2,1-3H3,(H,16,18). The number of amides is 1. The molecule has 0 spiro atoms. The molecular formula is C14H29N3O2. The minimum Gasteiger partial charge on any atom is -0.444 e. The molecule has 0 aliphatic heterocycles. The summed E-state index contributed by atoms with van der Waals surface area (Å²) in [6.07, 6.45) is 5.95. The molecule has 0 heterocycles. The molecule has 19 heavy (non-hydrogen) atoms. The van der Waals surface area contributed by atoms with E-state index in [1.165, 1.54) is 32.1 Å². The molecule has 0 saturated heterocycles. The topological polar surface area (TPSA) is 76.4 Å². The lowest BCUT2D eigenvalue weighted by Gasteiger charge is -2.28. The highest BCUT2D eigenvalue weighted by Crippen LogP contribution is 2.17. The van der Waals surface area contributed by atoms with Gasteiger partial charge < -0.3 is 21.1 Å². The Bertz CT molecular complexity index is 270. The maximum atomic E-state index is 11.6. The van der Waals surface area contributed by atoms with Gasteiger partial charge in [0.05, 0.1) is 0 Å². The number of hydrogen-bond acceptors (Lipinski definition) is 4. The number of ether oxygens (including phenoxy) is 1. The number of nitrogens with one attached hydrogen (secondary N) is 2. The second kappa shape index (κ2) is 7.70. The second-order valence-corrected chi connectivity index (χ2v) is 6.32. The van der Waals surface area contributed by atoms with Crippen LogP contribution in [0, 0.1) is 0 Å². The third kappa shape index (κ3) is 7.38. The molecule has 5 nitrogen and oxygen atoms in total. The van der Waals surface area contributed by atoms with Crippen LogP contribution in [0.2, 0.25) is 0 Å². The van der Waals surface area contributed by atoms with E-state index in [4.69, 9.17) is 10.5 Å². The number of carbonyl (C=O) groups is 1. The lowest BCUT2D eigenvalue weighted by Crippen LogP contribution is -2.50. The van der Waals surface area contributed by atoms with E-state index in [0.29, 0.717) is 19.1 Å². The Morgan fingerprint density at radius 3 is 2.47 bits per heavy atom. The largest absolute Gasteiger partial charge is 0.444 e. The third-order valence-electron chi connectivity index (χ3n) is 3.25. The molecule has 0 aromatic rings. The summed E-state index contributed by atoms with van der Waals surface area (Å²) in [6.45, 7) is 6.60. The van der Waals surface area contributed by atoms with Crippen molar-refractivity contribution in [2.75, 3.05) is 13.1 Å². The van der Waals surface area contributed by atoms with Gasteiger partial charge in [0.15, 0.2) is 0 Å². The first-order chi connectivity index (χ1) is 8.90. The summed E-state index contributed by atoms with van der Waals surface area (Å²) in [5, 5.41) is 6.30. The highest BCUT2D eigenvalue weighted by atomic mass is 16.6. The molecule has 0 aromatic heterocycles. The van der Waals surface area contributed by atoms with Gasteiger partial charge in [-0.05, 0) is 33.6 Å².